The largest absolute Gasteiger partial charge is 0.393 e. The summed E-state index contributed by atoms with van der Waals surface area (Å²) in [5.74, 6) is 4.65. The van der Waals surface area contributed by atoms with Gasteiger partial charge in [0.1, 0.15) is 5.60 Å². The second-order valence-corrected chi connectivity index (χ2v) is 13.4. The van der Waals surface area contributed by atoms with Gasteiger partial charge in [-0.1, -0.05) is 54.4 Å². The van der Waals surface area contributed by atoms with Crippen LogP contribution in [0.1, 0.15) is 112 Å². The molecule has 4 fully saturated rings. The van der Waals surface area contributed by atoms with Crippen LogP contribution in [0.5, 0.6) is 0 Å². The number of ketones is 1. The van der Waals surface area contributed by atoms with Crippen LogP contribution in [0.15, 0.2) is 0 Å². The van der Waals surface area contributed by atoms with Crippen molar-refractivity contribution in [3.05, 3.63) is 0 Å². The molecule has 4 aliphatic carbocycles. The van der Waals surface area contributed by atoms with Crippen molar-refractivity contribution in [3.8, 4) is 0 Å². The molecule has 3 heteroatoms. The van der Waals surface area contributed by atoms with E-state index in [1.165, 1.54) is 38.5 Å². The second-order valence-electron chi connectivity index (χ2n) is 13.4. The number of aliphatic hydroxyl groups is 2. The van der Waals surface area contributed by atoms with Crippen molar-refractivity contribution in [2.24, 2.45) is 52.3 Å². The van der Waals surface area contributed by atoms with Gasteiger partial charge in [-0.3, -0.25) is 4.79 Å². The number of Topliss-reactive ketones (excluding diaryl/α,β-unsaturated/α-hetero) is 1. The number of hydrogen-bond donors (Lipinski definition) is 2. The SMILES string of the molecule is CC[C@H](CC[C@@H](C)[C@H]1CC[C@H]2[C@@H]3CC(=O)[C@]4(O)C[C@@H](O)CC[C@]4(C)[C@H]3CC[C@]12C)C(C)C. The molecule has 0 saturated heterocycles. The molecule has 4 saturated carbocycles. The van der Waals surface area contributed by atoms with Crippen LogP contribution in [0.2, 0.25) is 0 Å². The van der Waals surface area contributed by atoms with Gasteiger partial charge in [0, 0.05) is 18.3 Å². The van der Waals surface area contributed by atoms with Gasteiger partial charge in [0.2, 0.25) is 0 Å². The minimum atomic E-state index is -1.31. The lowest BCUT2D eigenvalue weighted by molar-refractivity contribution is -0.213. The Morgan fingerprint density at radius 3 is 2.38 bits per heavy atom. The van der Waals surface area contributed by atoms with Crippen LogP contribution < -0.4 is 0 Å². The summed E-state index contributed by atoms with van der Waals surface area (Å²) in [5, 5.41) is 21.8. The smallest absolute Gasteiger partial charge is 0.165 e. The third-order valence-corrected chi connectivity index (χ3v) is 11.8. The molecule has 32 heavy (non-hydrogen) atoms. The van der Waals surface area contributed by atoms with Gasteiger partial charge in [0.25, 0.3) is 0 Å². The highest BCUT2D eigenvalue weighted by molar-refractivity contribution is 5.89. The molecule has 2 N–H and O–H groups in total. The van der Waals surface area contributed by atoms with Gasteiger partial charge in [-0.2, -0.15) is 0 Å². The summed E-state index contributed by atoms with van der Waals surface area (Å²) in [6.07, 6.45) is 10.7. The van der Waals surface area contributed by atoms with Gasteiger partial charge in [0.15, 0.2) is 5.78 Å². The lowest BCUT2D eigenvalue weighted by Gasteiger charge is -2.63. The van der Waals surface area contributed by atoms with E-state index in [0.717, 1.165) is 42.9 Å². The maximum absolute atomic E-state index is 13.4. The van der Waals surface area contributed by atoms with Crippen molar-refractivity contribution in [3.63, 3.8) is 0 Å². The Balaban J connectivity index is 1.52. The first-order chi connectivity index (χ1) is 15.0. The van der Waals surface area contributed by atoms with Crippen LogP contribution in [0, 0.1) is 52.3 Å². The van der Waals surface area contributed by atoms with Gasteiger partial charge >= 0.3 is 0 Å². The monoisotopic (exact) mass is 446 g/mol. The van der Waals surface area contributed by atoms with E-state index in [1.54, 1.807) is 0 Å². The lowest BCUT2D eigenvalue weighted by atomic mass is 9.42. The summed E-state index contributed by atoms with van der Waals surface area (Å²) in [7, 11) is 0. The number of carbonyl (C=O) groups is 1. The fourth-order valence-electron chi connectivity index (χ4n) is 9.68. The predicted molar refractivity (Wildman–Crippen MR) is 130 cm³/mol. The highest BCUT2D eigenvalue weighted by atomic mass is 16.3. The molecular formula is C29H50O3. The molecular weight excluding hydrogens is 396 g/mol. The highest BCUT2D eigenvalue weighted by Crippen LogP contribution is 2.68. The zero-order chi connectivity index (χ0) is 23.5. The quantitative estimate of drug-likeness (QED) is 0.496. The van der Waals surface area contributed by atoms with Gasteiger partial charge in [-0.25, -0.2) is 0 Å². The summed E-state index contributed by atoms with van der Waals surface area (Å²) < 4.78 is 0. The first-order valence-electron chi connectivity index (χ1n) is 13.9. The summed E-state index contributed by atoms with van der Waals surface area (Å²) in [6, 6.07) is 0. The molecule has 0 aromatic heterocycles. The fourth-order valence-corrected chi connectivity index (χ4v) is 9.68. The third kappa shape index (κ3) is 3.63. The molecule has 0 bridgehead atoms. The molecule has 10 atom stereocenters. The average Bonchev–Trinajstić information content (AvgIpc) is 3.08. The molecule has 0 heterocycles. The van der Waals surface area contributed by atoms with Crippen molar-refractivity contribution in [1.29, 1.82) is 0 Å². The van der Waals surface area contributed by atoms with Gasteiger partial charge in [-0.05, 0) is 91.8 Å². The number of aliphatic hydroxyl groups excluding tert-OH is 1. The Labute approximate surface area is 197 Å². The lowest BCUT2D eigenvalue weighted by Crippen LogP contribution is -2.67. The standard InChI is InChI=1S/C29H50O3/c1-7-20(18(2)3)9-8-19(4)23-10-11-24-22-16-26(31)29(32)17-21(30)12-15-28(29,6)25(22)13-14-27(23,24)5/h18-25,30,32H,7-17H2,1-6H3/t19-,20-,21+,22+,23-,24+,25+,27-,28-,29-/m1/s1. The number of fused-ring (bicyclic) bond motifs is 5. The van der Waals surface area contributed by atoms with Crippen LogP contribution in [0.4, 0.5) is 0 Å². The molecule has 184 valence electrons. The van der Waals surface area contributed by atoms with Crippen LogP contribution in [0.25, 0.3) is 0 Å². The second kappa shape index (κ2) is 8.67. The van der Waals surface area contributed by atoms with Crippen LogP contribution in [0.3, 0.4) is 0 Å². The van der Waals surface area contributed by atoms with Gasteiger partial charge in [-0.15, -0.1) is 0 Å². The maximum atomic E-state index is 13.4. The molecule has 0 aliphatic heterocycles. The van der Waals surface area contributed by atoms with Crippen LogP contribution >= 0.6 is 0 Å². The molecule has 0 amide bonds. The van der Waals surface area contributed by atoms with E-state index in [0.29, 0.717) is 29.6 Å². The zero-order valence-corrected chi connectivity index (χ0v) is 21.7. The van der Waals surface area contributed by atoms with E-state index in [-0.39, 0.29) is 17.6 Å². The Bertz CT molecular complexity index is 703. The highest BCUT2D eigenvalue weighted by Gasteiger charge is 2.67. The fraction of sp³-hybridized carbons (Fsp3) is 0.966. The van der Waals surface area contributed by atoms with Crippen molar-refractivity contribution in [2.45, 2.75) is 124 Å². The van der Waals surface area contributed by atoms with Crippen molar-refractivity contribution < 1.29 is 15.0 Å². The molecule has 4 aliphatic rings. The Kier molecular flexibility index (Phi) is 6.69. The van der Waals surface area contributed by atoms with Crippen molar-refractivity contribution in [2.75, 3.05) is 0 Å². The number of carbonyl (C=O) groups excluding carboxylic acids is 1. The normalized spacial score (nSPS) is 48.2. The van der Waals surface area contributed by atoms with E-state index in [4.69, 9.17) is 0 Å². The number of hydrogen-bond acceptors (Lipinski definition) is 3. The maximum Gasteiger partial charge on any atom is 0.165 e. The van der Waals surface area contributed by atoms with Gasteiger partial charge < -0.3 is 10.2 Å². The topological polar surface area (TPSA) is 57.5 Å². The number of rotatable bonds is 6. The van der Waals surface area contributed by atoms with E-state index in [9.17, 15) is 15.0 Å². The summed E-state index contributed by atoms with van der Waals surface area (Å²) in [6.45, 7) is 14.3. The minimum Gasteiger partial charge on any atom is -0.393 e. The summed E-state index contributed by atoms with van der Waals surface area (Å²) in [4.78, 5) is 13.4. The molecule has 0 unspecified atom stereocenters. The molecule has 0 radical (unpaired) electrons. The molecule has 4 rings (SSSR count). The zero-order valence-electron chi connectivity index (χ0n) is 21.7. The predicted octanol–water partition coefficient (Wildman–Crippen LogP) is 6.40. The van der Waals surface area contributed by atoms with Crippen molar-refractivity contribution >= 4 is 5.78 Å². The molecule has 0 spiro atoms. The minimum absolute atomic E-state index is 0.0310. The average molecular weight is 447 g/mol. The Morgan fingerprint density at radius 1 is 1.00 bits per heavy atom. The molecule has 0 aromatic rings. The van der Waals surface area contributed by atoms with E-state index in [2.05, 4.69) is 41.5 Å². The Hall–Kier alpha value is -0.410. The van der Waals surface area contributed by atoms with E-state index in [1.807, 2.05) is 0 Å². The summed E-state index contributed by atoms with van der Waals surface area (Å²) in [5.41, 5.74) is -1.32. The van der Waals surface area contributed by atoms with Gasteiger partial charge in [0.05, 0.1) is 6.10 Å². The van der Waals surface area contributed by atoms with Crippen molar-refractivity contribution in [1.82, 2.24) is 0 Å². The first kappa shape index (κ1) is 24.7. The van der Waals surface area contributed by atoms with E-state index >= 15 is 0 Å². The van der Waals surface area contributed by atoms with E-state index < -0.39 is 11.7 Å². The van der Waals surface area contributed by atoms with Crippen LogP contribution in [-0.2, 0) is 4.79 Å². The van der Waals surface area contributed by atoms with Crippen LogP contribution in [-0.4, -0.2) is 27.7 Å². The first-order valence-corrected chi connectivity index (χ1v) is 13.9. The summed E-state index contributed by atoms with van der Waals surface area (Å²) >= 11 is 0. The third-order valence-electron chi connectivity index (χ3n) is 11.8. The molecule has 0 aromatic carbocycles. The molecule has 3 nitrogen and oxygen atoms in total. The Morgan fingerprint density at radius 2 is 1.72 bits per heavy atom.